The highest BCUT2D eigenvalue weighted by molar-refractivity contribution is 7.76. The van der Waals surface area contributed by atoms with Crippen molar-refractivity contribution in [1.82, 2.24) is 0 Å². The lowest BCUT2D eigenvalue weighted by Gasteiger charge is -2.28. The molecule has 0 aliphatic rings. The summed E-state index contributed by atoms with van der Waals surface area (Å²) in [4.78, 5) is 0. The highest BCUT2D eigenvalue weighted by Crippen LogP contribution is 2.62. The first-order chi connectivity index (χ1) is 25.0. The molecule has 0 aromatic rings. The summed E-state index contributed by atoms with van der Waals surface area (Å²) in [6.45, 7) is 28.6. The summed E-state index contributed by atoms with van der Waals surface area (Å²) in [5.41, 5.74) is 0. The lowest BCUT2D eigenvalue weighted by Crippen LogP contribution is -2.19. The molecule has 4 nitrogen and oxygen atoms in total. The van der Waals surface area contributed by atoms with Crippen molar-refractivity contribution < 1.29 is 20.4 Å². The topological polar surface area (TPSA) is 80.9 Å². The molecule has 0 spiro atoms. The van der Waals surface area contributed by atoms with Crippen molar-refractivity contribution in [1.29, 1.82) is 0 Å². The molecule has 0 amide bonds. The molecule has 0 bridgehead atoms. The van der Waals surface area contributed by atoms with E-state index in [1.165, 1.54) is 102 Å². The molecule has 0 fully saturated rings. The smallest absolute Gasteiger partial charge is 0.0827 e. The Hall–Kier alpha value is 1.56. The normalized spacial score (nSPS) is 12.0. The van der Waals surface area contributed by atoms with E-state index in [2.05, 4.69) is 83.1 Å². The third-order valence-electron chi connectivity index (χ3n) is 11.7. The minimum absolute atomic E-state index is 0.0772. The van der Waals surface area contributed by atoms with Crippen LogP contribution in [0.4, 0.5) is 0 Å². The van der Waals surface area contributed by atoms with Crippen LogP contribution in [0.15, 0.2) is 0 Å². The molecule has 0 atom stereocenters. The molecule has 0 aliphatic carbocycles. The lowest BCUT2D eigenvalue weighted by molar-refractivity contribution is 0.302. The summed E-state index contributed by atoms with van der Waals surface area (Å²) in [5.74, 6) is 0. The van der Waals surface area contributed by atoms with Gasteiger partial charge in [-0.2, -0.15) is 0 Å². The van der Waals surface area contributed by atoms with Crippen molar-refractivity contribution in [2.24, 2.45) is 0 Å². The summed E-state index contributed by atoms with van der Waals surface area (Å²) in [6.07, 6.45) is 38.2. The van der Waals surface area contributed by atoms with Gasteiger partial charge in [-0.15, -0.1) is 0 Å². The van der Waals surface area contributed by atoms with Gasteiger partial charge in [0.2, 0.25) is 0 Å². The van der Waals surface area contributed by atoms with Gasteiger partial charge in [-0.25, -0.2) is 0 Å². The van der Waals surface area contributed by atoms with Crippen LogP contribution in [-0.4, -0.2) is 145 Å². The molecular weight excluding hydrogens is 716 g/mol. The van der Waals surface area contributed by atoms with Gasteiger partial charge < -0.3 is 20.4 Å². The van der Waals surface area contributed by atoms with E-state index in [0.717, 1.165) is 0 Å². The van der Waals surface area contributed by atoms with Crippen LogP contribution in [0.2, 0.25) is 0 Å². The molecule has 320 valence electrons. The molecule has 0 aromatic carbocycles. The Labute approximate surface area is 333 Å². The van der Waals surface area contributed by atoms with Crippen LogP contribution in [0.25, 0.3) is 0 Å². The van der Waals surface area contributed by atoms with Gasteiger partial charge in [0.1, 0.15) is 0 Å². The zero-order valence-electron chi connectivity index (χ0n) is 38.2. The van der Waals surface area contributed by atoms with Crippen LogP contribution < -0.4 is 0 Å². The van der Waals surface area contributed by atoms with Gasteiger partial charge in [0.25, 0.3) is 0 Å². The largest absolute Gasteiger partial charge is 0.393 e. The van der Waals surface area contributed by atoms with E-state index in [1.54, 1.807) is 49.3 Å². The van der Waals surface area contributed by atoms with Crippen LogP contribution in [0.3, 0.4) is 0 Å². The van der Waals surface area contributed by atoms with Crippen molar-refractivity contribution >= 4 is 29.0 Å². The Morgan fingerprint density at radius 1 is 0.231 bits per heavy atom. The number of hydrogen-bond acceptors (Lipinski definition) is 4. The molecule has 52 heavy (non-hydrogen) atoms. The van der Waals surface area contributed by atoms with E-state index in [-0.39, 0.29) is 26.4 Å². The second-order valence-electron chi connectivity index (χ2n) is 15.6. The standard InChI is InChI=1S/C16H36P.C12H28P.C8H20O4P.C8H20P/c1-5-9-13-17(14-10-6-2,15-11-7-3)16-12-8-4;1-5-9-13(10-6-2,11-7-3)12-8-4;9-1-5-13(6-2-10,7-3-11)8-4-12;1-5-9(6-2,7-3)8-4/h5-16H2,1-4H3;5-12H2,1-4H3;9-12H,1-8H2;5-8H2,1-4H3/q4*+1. The van der Waals surface area contributed by atoms with Gasteiger partial charge in [-0.1, -0.05) is 81.1 Å². The van der Waals surface area contributed by atoms with Gasteiger partial charge in [0.05, 0.1) is 125 Å². The molecule has 0 radical (unpaired) electrons. The fourth-order valence-corrected chi connectivity index (χ4v) is 24.2. The maximum absolute atomic E-state index is 8.86. The highest BCUT2D eigenvalue weighted by Gasteiger charge is 2.36. The van der Waals surface area contributed by atoms with E-state index in [4.69, 9.17) is 20.4 Å². The van der Waals surface area contributed by atoms with Crippen molar-refractivity contribution in [3.05, 3.63) is 0 Å². The summed E-state index contributed by atoms with van der Waals surface area (Å²) in [6, 6.07) is 0. The minimum atomic E-state index is -1.50. The van der Waals surface area contributed by atoms with E-state index in [0.29, 0.717) is 24.6 Å². The van der Waals surface area contributed by atoms with Crippen molar-refractivity contribution in [3.8, 4) is 0 Å². The van der Waals surface area contributed by atoms with E-state index < -0.39 is 29.0 Å². The minimum Gasteiger partial charge on any atom is -0.393 e. The van der Waals surface area contributed by atoms with Crippen molar-refractivity contribution in [3.63, 3.8) is 0 Å². The predicted octanol–water partition coefficient (Wildman–Crippen LogP) is 12.9. The summed E-state index contributed by atoms with van der Waals surface area (Å²) >= 11 is 0. The number of unbranched alkanes of at least 4 members (excludes halogenated alkanes) is 4. The van der Waals surface area contributed by atoms with Gasteiger partial charge >= 0.3 is 0 Å². The van der Waals surface area contributed by atoms with Gasteiger partial charge in [-0.3, -0.25) is 0 Å². The van der Waals surface area contributed by atoms with Crippen molar-refractivity contribution in [2.45, 2.75) is 160 Å². The summed E-state index contributed by atoms with van der Waals surface area (Å²) < 4.78 is 0. The van der Waals surface area contributed by atoms with E-state index in [1.807, 2.05) is 0 Å². The molecule has 0 rings (SSSR count). The molecule has 0 aromatic heterocycles. The Morgan fingerprint density at radius 2 is 0.423 bits per heavy atom. The SMILES string of the molecule is CCCC[P+](CCCC)(CCCC)CCCC.CCC[P+](CCC)(CCC)CCC.CC[P+](CC)(CC)CC.OCC[P+](CCO)(CCO)CCO. The molecule has 0 unspecified atom stereocenters. The van der Waals surface area contributed by atoms with Crippen molar-refractivity contribution in [2.75, 3.05) is 125 Å². The zero-order valence-corrected chi connectivity index (χ0v) is 41.8. The highest BCUT2D eigenvalue weighted by atomic mass is 31.2. The Bertz CT molecular complexity index is 537. The van der Waals surface area contributed by atoms with Crippen LogP contribution >= 0.6 is 29.0 Å². The molecule has 8 heteroatoms. The Morgan fingerprint density at radius 3 is 0.558 bits per heavy atom. The average Bonchev–Trinajstić information content (AvgIpc) is 3.14. The maximum Gasteiger partial charge on any atom is 0.0827 e. The summed E-state index contributed by atoms with van der Waals surface area (Å²) in [7, 11) is -2.97. The fourth-order valence-electron chi connectivity index (χ4n) is 8.07. The Kier molecular flexibility index (Phi) is 48.9. The van der Waals surface area contributed by atoms with Gasteiger partial charge in [0.15, 0.2) is 0 Å². The first-order valence-corrected chi connectivity index (χ1v) is 32.9. The Balaban J connectivity index is -0.000000302. The quantitative estimate of drug-likeness (QED) is 0.0510. The second-order valence-corrected chi connectivity index (χ2v) is 34.3. The maximum atomic E-state index is 8.86. The molecular formula is C44H104O4P4+4. The predicted molar refractivity (Wildman–Crippen MR) is 257 cm³/mol. The summed E-state index contributed by atoms with van der Waals surface area (Å²) in [5, 5.41) is 35.5. The second kappa shape index (κ2) is 42.2. The molecule has 0 saturated heterocycles. The molecule has 0 aliphatic heterocycles. The van der Waals surface area contributed by atoms with Gasteiger partial charge in [-0.05, 0) is 79.1 Å². The third kappa shape index (κ3) is 30.7. The van der Waals surface area contributed by atoms with Crippen LogP contribution in [0, 0.1) is 0 Å². The fraction of sp³-hybridized carbons (Fsp3) is 1.00. The number of hydrogen-bond donors (Lipinski definition) is 4. The van der Waals surface area contributed by atoms with Gasteiger partial charge in [0, 0.05) is 29.0 Å². The van der Waals surface area contributed by atoms with Crippen LogP contribution in [-0.2, 0) is 0 Å². The first kappa shape index (κ1) is 60.2. The molecule has 4 N–H and O–H groups in total. The number of aliphatic hydroxyl groups excluding tert-OH is 4. The zero-order chi connectivity index (χ0) is 40.6. The number of aliphatic hydroxyl groups is 4. The lowest BCUT2D eigenvalue weighted by atomic mass is 10.4. The molecule has 0 saturated carbocycles. The van der Waals surface area contributed by atoms with E-state index >= 15 is 0 Å². The van der Waals surface area contributed by atoms with Crippen LogP contribution in [0.1, 0.15) is 160 Å². The average molecular weight is 821 g/mol. The first-order valence-electron chi connectivity index (χ1n) is 22.8. The van der Waals surface area contributed by atoms with Crippen LogP contribution in [0.5, 0.6) is 0 Å². The monoisotopic (exact) mass is 821 g/mol. The number of rotatable bonds is 32. The van der Waals surface area contributed by atoms with E-state index in [9.17, 15) is 0 Å². The molecule has 0 heterocycles. The third-order valence-corrected chi connectivity index (χ3v) is 32.3.